The zero-order chi connectivity index (χ0) is 17.4. The third-order valence-electron chi connectivity index (χ3n) is 6.04. The Bertz CT molecular complexity index is 656. The Kier molecular flexibility index (Phi) is 4.50. The van der Waals surface area contributed by atoms with Crippen molar-refractivity contribution in [3.63, 3.8) is 0 Å². The van der Waals surface area contributed by atoms with Gasteiger partial charge in [-0.05, 0) is 47.6 Å². The first-order chi connectivity index (χ1) is 11.3. The SMILES string of the molecule is CC1(C)CC(=O)[C@@H](CCC(=O)/C=C/c2ccccc2)[C@]2(C)C[C@@H]2C1. The third kappa shape index (κ3) is 3.68. The predicted molar refractivity (Wildman–Crippen MR) is 97.4 cm³/mol. The van der Waals surface area contributed by atoms with Crippen LogP contribution in [-0.2, 0) is 9.59 Å². The lowest BCUT2D eigenvalue weighted by Crippen LogP contribution is -2.25. The number of Topliss-reactive ketones (excluding diaryl/α,β-unsaturated/α-hetero) is 1. The van der Waals surface area contributed by atoms with E-state index in [1.54, 1.807) is 6.08 Å². The first-order valence-electron chi connectivity index (χ1n) is 9.09. The lowest BCUT2D eigenvalue weighted by Gasteiger charge is -2.24. The van der Waals surface area contributed by atoms with Gasteiger partial charge in [-0.25, -0.2) is 0 Å². The van der Waals surface area contributed by atoms with Gasteiger partial charge >= 0.3 is 0 Å². The summed E-state index contributed by atoms with van der Waals surface area (Å²) in [5, 5.41) is 0. The third-order valence-corrected chi connectivity index (χ3v) is 6.04. The molecule has 0 N–H and O–H groups in total. The van der Waals surface area contributed by atoms with Crippen molar-refractivity contribution in [2.75, 3.05) is 0 Å². The molecule has 0 aliphatic heterocycles. The molecular weight excluding hydrogens is 296 g/mol. The molecule has 2 aliphatic rings. The van der Waals surface area contributed by atoms with Gasteiger partial charge in [0.2, 0.25) is 0 Å². The lowest BCUT2D eigenvalue weighted by atomic mass is 9.79. The number of carbonyl (C=O) groups excluding carboxylic acids is 2. The van der Waals surface area contributed by atoms with Gasteiger partial charge in [0.25, 0.3) is 0 Å². The van der Waals surface area contributed by atoms with Crippen LogP contribution in [0, 0.1) is 22.7 Å². The van der Waals surface area contributed by atoms with Crippen molar-refractivity contribution in [3.05, 3.63) is 42.0 Å². The summed E-state index contributed by atoms with van der Waals surface area (Å²) in [6, 6.07) is 9.85. The minimum absolute atomic E-state index is 0.0679. The number of carbonyl (C=O) groups is 2. The molecule has 0 unspecified atom stereocenters. The summed E-state index contributed by atoms with van der Waals surface area (Å²) in [4.78, 5) is 24.9. The van der Waals surface area contributed by atoms with Crippen LogP contribution in [0.5, 0.6) is 0 Å². The number of hydrogen-bond donors (Lipinski definition) is 0. The molecule has 0 bridgehead atoms. The van der Waals surface area contributed by atoms with Crippen molar-refractivity contribution in [3.8, 4) is 0 Å². The van der Waals surface area contributed by atoms with Crippen molar-refractivity contribution in [1.82, 2.24) is 0 Å². The van der Waals surface area contributed by atoms with E-state index >= 15 is 0 Å². The molecule has 0 amide bonds. The Morgan fingerprint density at radius 3 is 2.58 bits per heavy atom. The summed E-state index contributed by atoms with van der Waals surface area (Å²) in [5.74, 6) is 1.23. The molecule has 2 fully saturated rings. The van der Waals surface area contributed by atoms with Gasteiger partial charge in [-0.2, -0.15) is 0 Å². The zero-order valence-electron chi connectivity index (χ0n) is 15.0. The molecule has 0 aromatic heterocycles. The van der Waals surface area contributed by atoms with Gasteiger partial charge in [-0.1, -0.05) is 57.2 Å². The number of hydrogen-bond acceptors (Lipinski definition) is 2. The highest BCUT2D eigenvalue weighted by Crippen LogP contribution is 2.65. The number of fused-ring (bicyclic) bond motifs is 1. The fourth-order valence-electron chi connectivity index (χ4n) is 4.52. The summed E-state index contributed by atoms with van der Waals surface area (Å²) < 4.78 is 0. The van der Waals surface area contributed by atoms with Crippen molar-refractivity contribution in [2.45, 2.75) is 52.9 Å². The highest BCUT2D eigenvalue weighted by Gasteiger charge is 2.60. The van der Waals surface area contributed by atoms with E-state index in [0.717, 1.165) is 18.4 Å². The minimum atomic E-state index is 0.0679. The maximum Gasteiger partial charge on any atom is 0.155 e. The van der Waals surface area contributed by atoms with Crippen LogP contribution in [0.1, 0.15) is 58.4 Å². The number of rotatable bonds is 5. The van der Waals surface area contributed by atoms with Gasteiger partial charge in [0, 0.05) is 18.8 Å². The quantitative estimate of drug-likeness (QED) is 0.708. The number of ketones is 2. The Labute approximate surface area is 145 Å². The normalized spacial score (nSPS) is 31.5. The van der Waals surface area contributed by atoms with Crippen molar-refractivity contribution >= 4 is 17.6 Å². The molecule has 0 saturated heterocycles. The van der Waals surface area contributed by atoms with Crippen molar-refractivity contribution < 1.29 is 9.59 Å². The molecule has 0 radical (unpaired) electrons. The van der Waals surface area contributed by atoms with E-state index < -0.39 is 0 Å². The van der Waals surface area contributed by atoms with Crippen LogP contribution in [0.15, 0.2) is 36.4 Å². The second-order valence-electron chi connectivity index (χ2n) is 8.72. The molecule has 2 nitrogen and oxygen atoms in total. The maximum atomic E-state index is 12.7. The molecule has 2 saturated carbocycles. The van der Waals surface area contributed by atoms with Gasteiger partial charge in [0.05, 0.1) is 0 Å². The Balaban J connectivity index is 1.60. The standard InChI is InChI=1S/C22H28O2/c1-21(2)13-17-14-22(17,3)19(20(24)15-21)12-11-18(23)10-9-16-7-5-4-6-8-16/h4-10,17,19H,11-15H2,1-3H3/b10-9+/t17-,19+,22+/m0/s1. The molecule has 3 rings (SSSR count). The van der Waals surface area contributed by atoms with Crippen LogP contribution in [0.4, 0.5) is 0 Å². The zero-order valence-corrected chi connectivity index (χ0v) is 15.0. The van der Waals surface area contributed by atoms with E-state index in [1.807, 2.05) is 36.4 Å². The smallest absolute Gasteiger partial charge is 0.155 e. The summed E-state index contributed by atoms with van der Waals surface area (Å²) in [6.45, 7) is 6.67. The highest BCUT2D eigenvalue weighted by atomic mass is 16.1. The van der Waals surface area contributed by atoms with E-state index in [-0.39, 0.29) is 22.5 Å². The van der Waals surface area contributed by atoms with Gasteiger partial charge in [0.1, 0.15) is 5.78 Å². The Morgan fingerprint density at radius 2 is 1.88 bits per heavy atom. The molecular formula is C22H28O2. The van der Waals surface area contributed by atoms with Crippen LogP contribution in [0.3, 0.4) is 0 Å². The molecule has 1 aromatic rings. The molecule has 2 heteroatoms. The largest absolute Gasteiger partial charge is 0.299 e. The average Bonchev–Trinajstić information content (AvgIpc) is 3.15. The van der Waals surface area contributed by atoms with Crippen LogP contribution >= 0.6 is 0 Å². The van der Waals surface area contributed by atoms with Crippen LogP contribution in [-0.4, -0.2) is 11.6 Å². The predicted octanol–water partition coefficient (Wildman–Crippen LogP) is 5.08. The summed E-state index contributed by atoms with van der Waals surface area (Å²) in [7, 11) is 0. The van der Waals surface area contributed by atoms with E-state index in [2.05, 4.69) is 20.8 Å². The van der Waals surface area contributed by atoms with E-state index in [1.165, 1.54) is 0 Å². The van der Waals surface area contributed by atoms with Gasteiger partial charge in [-0.15, -0.1) is 0 Å². The van der Waals surface area contributed by atoms with E-state index in [4.69, 9.17) is 0 Å². The number of allylic oxidation sites excluding steroid dienone is 1. The average molecular weight is 324 g/mol. The van der Waals surface area contributed by atoms with Crippen molar-refractivity contribution in [2.24, 2.45) is 22.7 Å². The van der Waals surface area contributed by atoms with Crippen LogP contribution < -0.4 is 0 Å². The van der Waals surface area contributed by atoms with Gasteiger partial charge in [-0.3, -0.25) is 9.59 Å². The first-order valence-corrected chi connectivity index (χ1v) is 9.09. The van der Waals surface area contributed by atoms with E-state index in [0.29, 0.717) is 31.0 Å². The van der Waals surface area contributed by atoms with E-state index in [9.17, 15) is 9.59 Å². The second kappa shape index (κ2) is 6.31. The fraction of sp³-hybridized carbons (Fsp3) is 0.545. The molecule has 3 atom stereocenters. The van der Waals surface area contributed by atoms with Gasteiger partial charge < -0.3 is 0 Å². The first kappa shape index (κ1) is 17.1. The molecule has 0 heterocycles. The summed E-state index contributed by atoms with van der Waals surface area (Å²) >= 11 is 0. The summed E-state index contributed by atoms with van der Waals surface area (Å²) in [6.07, 6.45) is 7.67. The monoisotopic (exact) mass is 324 g/mol. The fourth-order valence-corrected chi connectivity index (χ4v) is 4.52. The van der Waals surface area contributed by atoms with Crippen molar-refractivity contribution in [1.29, 1.82) is 0 Å². The Morgan fingerprint density at radius 1 is 1.17 bits per heavy atom. The molecule has 24 heavy (non-hydrogen) atoms. The summed E-state index contributed by atoms with van der Waals surface area (Å²) in [5.41, 5.74) is 1.30. The van der Waals surface area contributed by atoms with Gasteiger partial charge in [0.15, 0.2) is 5.78 Å². The topological polar surface area (TPSA) is 34.1 Å². The minimum Gasteiger partial charge on any atom is -0.299 e. The second-order valence-corrected chi connectivity index (χ2v) is 8.72. The van der Waals surface area contributed by atoms with Crippen LogP contribution in [0.2, 0.25) is 0 Å². The van der Waals surface area contributed by atoms with Crippen LogP contribution in [0.25, 0.3) is 6.08 Å². The molecule has 128 valence electrons. The highest BCUT2D eigenvalue weighted by molar-refractivity contribution is 5.94. The molecule has 1 aromatic carbocycles. The lowest BCUT2D eigenvalue weighted by molar-refractivity contribution is -0.126. The molecule has 2 aliphatic carbocycles. The molecule has 0 spiro atoms. The maximum absolute atomic E-state index is 12.7. The Hall–Kier alpha value is -1.70. The number of benzene rings is 1.